The SMILES string of the molecule is CN(C)CCCNC(=O)N1CCC[C@H](COc2cccc(F)c2)C1. The van der Waals surface area contributed by atoms with Gasteiger partial charge in [0.05, 0.1) is 6.61 Å². The van der Waals surface area contributed by atoms with Crippen LogP contribution in [0.25, 0.3) is 0 Å². The average Bonchev–Trinajstić information content (AvgIpc) is 2.57. The first kappa shape index (κ1) is 18.5. The molecule has 1 aromatic rings. The van der Waals surface area contributed by atoms with E-state index < -0.39 is 0 Å². The first-order valence-electron chi connectivity index (χ1n) is 8.60. The average molecular weight is 337 g/mol. The maximum absolute atomic E-state index is 13.2. The van der Waals surface area contributed by atoms with Crippen LogP contribution in [0.4, 0.5) is 9.18 Å². The van der Waals surface area contributed by atoms with Crippen LogP contribution in [0.1, 0.15) is 19.3 Å². The van der Waals surface area contributed by atoms with Gasteiger partial charge in [0, 0.05) is 31.6 Å². The molecule has 1 aromatic carbocycles. The molecule has 1 atom stereocenters. The van der Waals surface area contributed by atoms with Gasteiger partial charge in [-0.3, -0.25) is 0 Å². The van der Waals surface area contributed by atoms with Crippen molar-refractivity contribution >= 4 is 6.03 Å². The number of nitrogens with one attached hydrogen (secondary N) is 1. The quantitative estimate of drug-likeness (QED) is 0.778. The third-order valence-electron chi connectivity index (χ3n) is 4.15. The van der Waals surface area contributed by atoms with Crippen LogP contribution in [0.2, 0.25) is 0 Å². The highest BCUT2D eigenvalue weighted by Crippen LogP contribution is 2.19. The number of piperidine rings is 1. The molecule has 0 saturated carbocycles. The van der Waals surface area contributed by atoms with Crippen LogP contribution in [0.5, 0.6) is 5.75 Å². The van der Waals surface area contributed by atoms with Gasteiger partial charge in [-0.25, -0.2) is 9.18 Å². The molecule has 0 radical (unpaired) electrons. The summed E-state index contributed by atoms with van der Waals surface area (Å²) in [5.74, 6) is 0.532. The maximum Gasteiger partial charge on any atom is 0.317 e. The van der Waals surface area contributed by atoms with E-state index in [0.717, 1.165) is 32.4 Å². The molecule has 2 amide bonds. The third-order valence-corrected chi connectivity index (χ3v) is 4.15. The van der Waals surface area contributed by atoms with E-state index in [0.29, 0.717) is 25.4 Å². The van der Waals surface area contributed by atoms with E-state index in [4.69, 9.17) is 4.74 Å². The summed E-state index contributed by atoms with van der Waals surface area (Å²) in [4.78, 5) is 16.2. The summed E-state index contributed by atoms with van der Waals surface area (Å²) in [6.45, 7) is 3.64. The summed E-state index contributed by atoms with van der Waals surface area (Å²) in [7, 11) is 4.05. The number of carbonyl (C=O) groups excluding carboxylic acids is 1. The summed E-state index contributed by atoms with van der Waals surface area (Å²) in [6.07, 6.45) is 2.95. The van der Waals surface area contributed by atoms with E-state index >= 15 is 0 Å². The third kappa shape index (κ3) is 6.35. The van der Waals surface area contributed by atoms with Gasteiger partial charge in [0.15, 0.2) is 0 Å². The Bertz CT molecular complexity index is 525. The molecule has 1 aliphatic rings. The minimum absolute atomic E-state index is 0.00390. The maximum atomic E-state index is 13.2. The van der Waals surface area contributed by atoms with Crippen LogP contribution < -0.4 is 10.1 Å². The molecular weight excluding hydrogens is 309 g/mol. The zero-order valence-electron chi connectivity index (χ0n) is 14.6. The Morgan fingerprint density at radius 3 is 3.04 bits per heavy atom. The molecule has 0 aromatic heterocycles. The van der Waals surface area contributed by atoms with Gasteiger partial charge in [0.2, 0.25) is 0 Å². The van der Waals surface area contributed by atoms with Crippen molar-refractivity contribution in [3.8, 4) is 5.75 Å². The fourth-order valence-electron chi connectivity index (χ4n) is 2.86. The van der Waals surface area contributed by atoms with E-state index in [1.54, 1.807) is 12.1 Å². The molecule has 0 spiro atoms. The number of benzene rings is 1. The van der Waals surface area contributed by atoms with Crippen LogP contribution in [0.15, 0.2) is 24.3 Å². The predicted molar refractivity (Wildman–Crippen MR) is 92.8 cm³/mol. The number of carbonyl (C=O) groups is 1. The van der Waals surface area contributed by atoms with E-state index in [2.05, 4.69) is 10.2 Å². The minimum atomic E-state index is -0.296. The Balaban J connectivity index is 1.71. The zero-order chi connectivity index (χ0) is 17.4. The summed E-state index contributed by atoms with van der Waals surface area (Å²) in [5.41, 5.74) is 0. The van der Waals surface area contributed by atoms with E-state index in [1.165, 1.54) is 12.1 Å². The van der Waals surface area contributed by atoms with E-state index in [9.17, 15) is 9.18 Å². The fraction of sp³-hybridized carbons (Fsp3) is 0.611. The first-order valence-corrected chi connectivity index (χ1v) is 8.60. The van der Waals surface area contributed by atoms with Crippen molar-refractivity contribution in [1.29, 1.82) is 0 Å². The Morgan fingerprint density at radius 1 is 1.46 bits per heavy atom. The van der Waals surface area contributed by atoms with Crippen molar-refractivity contribution < 1.29 is 13.9 Å². The van der Waals surface area contributed by atoms with Crippen molar-refractivity contribution in [2.45, 2.75) is 19.3 Å². The van der Waals surface area contributed by atoms with Gasteiger partial charge < -0.3 is 19.9 Å². The number of nitrogens with zero attached hydrogens (tertiary/aromatic N) is 2. The van der Waals surface area contributed by atoms with E-state index in [-0.39, 0.29) is 17.8 Å². The van der Waals surface area contributed by atoms with Crippen LogP contribution in [0.3, 0.4) is 0 Å². The molecule has 24 heavy (non-hydrogen) atoms. The van der Waals surface area contributed by atoms with Crippen LogP contribution in [0, 0.1) is 11.7 Å². The number of halogens is 1. The summed E-state index contributed by atoms with van der Waals surface area (Å²) < 4.78 is 18.8. The molecule has 2 rings (SSSR count). The largest absolute Gasteiger partial charge is 0.493 e. The predicted octanol–water partition coefficient (Wildman–Crippen LogP) is 2.58. The molecule has 1 saturated heterocycles. The lowest BCUT2D eigenvalue weighted by molar-refractivity contribution is 0.137. The minimum Gasteiger partial charge on any atom is -0.493 e. The zero-order valence-corrected chi connectivity index (χ0v) is 14.6. The first-order chi connectivity index (χ1) is 11.5. The fourth-order valence-corrected chi connectivity index (χ4v) is 2.86. The number of likely N-dealkylation sites (tertiary alicyclic amines) is 1. The summed E-state index contributed by atoms with van der Waals surface area (Å²) in [5, 5.41) is 2.98. The molecule has 1 heterocycles. The Morgan fingerprint density at radius 2 is 2.29 bits per heavy atom. The number of ether oxygens (including phenoxy) is 1. The van der Waals surface area contributed by atoms with E-state index in [1.807, 2.05) is 19.0 Å². The van der Waals surface area contributed by atoms with Crippen molar-refractivity contribution in [1.82, 2.24) is 15.1 Å². The number of hydrogen-bond donors (Lipinski definition) is 1. The lowest BCUT2D eigenvalue weighted by Crippen LogP contribution is -2.47. The Labute approximate surface area is 143 Å². The Hall–Kier alpha value is -1.82. The van der Waals surface area contributed by atoms with Crippen molar-refractivity contribution in [2.75, 3.05) is 46.9 Å². The summed E-state index contributed by atoms with van der Waals surface area (Å²) in [6, 6.07) is 6.18. The summed E-state index contributed by atoms with van der Waals surface area (Å²) >= 11 is 0. The van der Waals surface area contributed by atoms with Gasteiger partial charge in [-0.2, -0.15) is 0 Å². The number of amides is 2. The van der Waals surface area contributed by atoms with Crippen LogP contribution >= 0.6 is 0 Å². The highest BCUT2D eigenvalue weighted by atomic mass is 19.1. The molecule has 0 unspecified atom stereocenters. The van der Waals surface area contributed by atoms with Crippen molar-refractivity contribution in [3.05, 3.63) is 30.1 Å². The Kier molecular flexibility index (Phi) is 7.31. The molecule has 134 valence electrons. The number of rotatable bonds is 7. The molecule has 0 aliphatic carbocycles. The van der Waals surface area contributed by atoms with Crippen molar-refractivity contribution in [3.63, 3.8) is 0 Å². The monoisotopic (exact) mass is 337 g/mol. The van der Waals surface area contributed by atoms with Gasteiger partial charge in [0.1, 0.15) is 11.6 Å². The lowest BCUT2D eigenvalue weighted by Gasteiger charge is -2.32. The highest BCUT2D eigenvalue weighted by molar-refractivity contribution is 5.74. The molecule has 6 heteroatoms. The number of hydrogen-bond acceptors (Lipinski definition) is 3. The van der Waals surface area contributed by atoms with Crippen molar-refractivity contribution in [2.24, 2.45) is 5.92 Å². The van der Waals surface area contributed by atoms with Gasteiger partial charge in [0.25, 0.3) is 0 Å². The van der Waals surface area contributed by atoms with Crippen LogP contribution in [-0.4, -0.2) is 62.7 Å². The molecule has 5 nitrogen and oxygen atoms in total. The topological polar surface area (TPSA) is 44.8 Å². The molecule has 1 aliphatic heterocycles. The van der Waals surface area contributed by atoms with Gasteiger partial charge >= 0.3 is 6.03 Å². The number of urea groups is 1. The highest BCUT2D eigenvalue weighted by Gasteiger charge is 2.23. The standard InChI is InChI=1S/C18H28FN3O2/c1-21(2)10-5-9-20-18(23)22-11-4-6-15(13-22)14-24-17-8-3-7-16(19)12-17/h3,7-8,12,15H,4-6,9-11,13-14H2,1-2H3,(H,20,23)/t15-/m0/s1. The molecule has 1 fully saturated rings. The lowest BCUT2D eigenvalue weighted by atomic mass is 9.99. The molecule has 0 bridgehead atoms. The van der Waals surface area contributed by atoms with Gasteiger partial charge in [-0.15, -0.1) is 0 Å². The second-order valence-corrected chi connectivity index (χ2v) is 6.61. The normalized spacial score (nSPS) is 17.8. The van der Waals surface area contributed by atoms with Gasteiger partial charge in [-0.1, -0.05) is 6.07 Å². The van der Waals surface area contributed by atoms with Gasteiger partial charge in [-0.05, 0) is 52.0 Å². The second kappa shape index (κ2) is 9.47. The second-order valence-electron chi connectivity index (χ2n) is 6.61. The molecular formula is C18H28FN3O2. The van der Waals surface area contributed by atoms with Crippen LogP contribution in [-0.2, 0) is 0 Å². The molecule has 1 N–H and O–H groups in total. The smallest absolute Gasteiger partial charge is 0.317 e.